The molecule has 2 aromatic carbocycles. The van der Waals surface area contributed by atoms with Gasteiger partial charge in [-0.2, -0.15) is 0 Å². The monoisotopic (exact) mass is 424 g/mol. The quantitative estimate of drug-likeness (QED) is 0.655. The highest BCUT2D eigenvalue weighted by Gasteiger charge is 2.32. The molecule has 2 aromatic rings. The first-order chi connectivity index (χ1) is 13.2. The first-order valence-electron chi connectivity index (χ1n) is 8.38. The number of anilines is 2. The second-order valence-electron chi connectivity index (χ2n) is 5.96. The van der Waals surface area contributed by atoms with Crippen LogP contribution in [0.4, 0.5) is 11.4 Å². The molecular formula is C19H24N2O5S2. The number of methoxy groups -OCH3 is 2. The Labute approximate surface area is 170 Å². The lowest BCUT2D eigenvalue weighted by Gasteiger charge is -2.29. The molecule has 1 amide bonds. The van der Waals surface area contributed by atoms with E-state index in [2.05, 4.69) is 5.32 Å². The zero-order chi connectivity index (χ0) is 20.9. The third-order valence-corrected chi connectivity index (χ3v) is 6.10. The molecule has 0 heterocycles. The van der Waals surface area contributed by atoms with E-state index in [1.165, 1.54) is 39.0 Å². The van der Waals surface area contributed by atoms with Crippen LogP contribution in [-0.2, 0) is 14.8 Å². The van der Waals surface area contributed by atoms with E-state index in [1.54, 1.807) is 24.3 Å². The normalized spacial score (nSPS) is 12.2. The van der Waals surface area contributed by atoms with Crippen molar-refractivity contribution in [2.24, 2.45) is 0 Å². The molecule has 1 unspecified atom stereocenters. The van der Waals surface area contributed by atoms with Gasteiger partial charge in [0.1, 0.15) is 17.5 Å². The smallest absolute Gasteiger partial charge is 0.248 e. The van der Waals surface area contributed by atoms with Crippen molar-refractivity contribution in [3.8, 4) is 11.5 Å². The third kappa shape index (κ3) is 4.90. The summed E-state index contributed by atoms with van der Waals surface area (Å²) in [6.07, 6.45) is 2.95. The molecule has 1 N–H and O–H groups in total. The maximum atomic E-state index is 12.9. The number of nitrogens with zero attached hydrogens (tertiary/aromatic N) is 1. The number of nitrogens with one attached hydrogen (secondary N) is 1. The highest BCUT2D eigenvalue weighted by Crippen LogP contribution is 2.35. The fraction of sp³-hybridized carbons (Fsp3) is 0.316. The van der Waals surface area contributed by atoms with Gasteiger partial charge in [-0.15, -0.1) is 11.8 Å². The van der Waals surface area contributed by atoms with E-state index >= 15 is 0 Å². The van der Waals surface area contributed by atoms with Gasteiger partial charge in [0.2, 0.25) is 15.9 Å². The van der Waals surface area contributed by atoms with Crippen LogP contribution in [0.5, 0.6) is 11.5 Å². The van der Waals surface area contributed by atoms with Gasteiger partial charge in [-0.05, 0) is 37.4 Å². The van der Waals surface area contributed by atoms with Crippen LogP contribution in [-0.4, -0.2) is 47.1 Å². The van der Waals surface area contributed by atoms with E-state index in [9.17, 15) is 13.2 Å². The van der Waals surface area contributed by atoms with Gasteiger partial charge in [-0.25, -0.2) is 8.42 Å². The molecule has 0 radical (unpaired) electrons. The number of para-hydroxylation sites is 1. The van der Waals surface area contributed by atoms with Crippen LogP contribution in [0.2, 0.25) is 0 Å². The summed E-state index contributed by atoms with van der Waals surface area (Å²) in [6, 6.07) is 11.1. The standard InChI is InChI=1S/C19H24N2O5S2/c1-13(19(22)20-15-8-6-7-9-18(15)27-4)21(28(5,23)24)16-12-14(25-2)10-11-17(16)26-3/h6-13H,1-5H3,(H,20,22). The molecule has 0 aliphatic heterocycles. The number of sulfonamides is 1. The molecule has 28 heavy (non-hydrogen) atoms. The van der Waals surface area contributed by atoms with Crippen molar-refractivity contribution in [3.05, 3.63) is 42.5 Å². The average Bonchev–Trinajstić information content (AvgIpc) is 2.67. The molecule has 0 saturated carbocycles. The van der Waals surface area contributed by atoms with Crippen molar-refractivity contribution in [2.75, 3.05) is 36.4 Å². The Kier molecular flexibility index (Phi) is 7.20. The molecule has 0 aliphatic carbocycles. The lowest BCUT2D eigenvalue weighted by Crippen LogP contribution is -2.45. The minimum Gasteiger partial charge on any atom is -0.497 e. The van der Waals surface area contributed by atoms with E-state index < -0.39 is 22.0 Å². The highest BCUT2D eigenvalue weighted by molar-refractivity contribution is 7.98. The number of hydrogen-bond donors (Lipinski definition) is 1. The van der Waals surface area contributed by atoms with Crippen LogP contribution in [0, 0.1) is 0 Å². The Morgan fingerprint density at radius 1 is 1.14 bits per heavy atom. The summed E-state index contributed by atoms with van der Waals surface area (Å²) in [5.74, 6) is 0.303. The lowest BCUT2D eigenvalue weighted by molar-refractivity contribution is -0.116. The molecule has 0 fully saturated rings. The van der Waals surface area contributed by atoms with E-state index in [0.717, 1.165) is 15.5 Å². The lowest BCUT2D eigenvalue weighted by atomic mass is 10.2. The third-order valence-electron chi connectivity index (χ3n) is 4.08. The molecule has 9 heteroatoms. The first-order valence-corrected chi connectivity index (χ1v) is 11.5. The second-order valence-corrected chi connectivity index (χ2v) is 8.67. The molecule has 0 saturated heterocycles. The van der Waals surface area contributed by atoms with Gasteiger partial charge < -0.3 is 14.8 Å². The topological polar surface area (TPSA) is 84.9 Å². The number of benzene rings is 2. The molecule has 7 nitrogen and oxygen atoms in total. The van der Waals surface area contributed by atoms with Crippen molar-refractivity contribution < 1.29 is 22.7 Å². The summed E-state index contributed by atoms with van der Waals surface area (Å²) in [6.45, 7) is 1.52. The summed E-state index contributed by atoms with van der Waals surface area (Å²) >= 11 is 1.49. The van der Waals surface area contributed by atoms with Crippen molar-refractivity contribution >= 4 is 39.1 Å². The van der Waals surface area contributed by atoms with E-state index in [1.807, 2.05) is 18.4 Å². The molecule has 0 bridgehead atoms. The average molecular weight is 425 g/mol. The number of rotatable bonds is 8. The Hall–Kier alpha value is -2.39. The molecule has 0 aromatic heterocycles. The second kappa shape index (κ2) is 9.20. The zero-order valence-electron chi connectivity index (χ0n) is 16.4. The number of amides is 1. The van der Waals surface area contributed by atoms with Gasteiger partial charge in [0.25, 0.3) is 0 Å². The minimum atomic E-state index is -3.80. The molecule has 152 valence electrons. The minimum absolute atomic E-state index is 0.227. The number of hydrogen-bond acceptors (Lipinski definition) is 6. The highest BCUT2D eigenvalue weighted by atomic mass is 32.2. The fourth-order valence-electron chi connectivity index (χ4n) is 2.74. The van der Waals surface area contributed by atoms with Crippen molar-refractivity contribution in [1.82, 2.24) is 0 Å². The van der Waals surface area contributed by atoms with Gasteiger partial charge in [0, 0.05) is 11.0 Å². The summed E-state index contributed by atoms with van der Waals surface area (Å²) in [5, 5.41) is 2.81. The Morgan fingerprint density at radius 3 is 2.39 bits per heavy atom. The van der Waals surface area contributed by atoms with E-state index in [-0.39, 0.29) is 5.69 Å². The molecule has 2 rings (SSSR count). The van der Waals surface area contributed by atoms with Crippen LogP contribution in [0.3, 0.4) is 0 Å². The van der Waals surface area contributed by atoms with Gasteiger partial charge in [0.15, 0.2) is 0 Å². The van der Waals surface area contributed by atoms with Crippen LogP contribution < -0.4 is 19.1 Å². The molecule has 1 atom stereocenters. The van der Waals surface area contributed by atoms with Gasteiger partial charge in [-0.3, -0.25) is 9.10 Å². The van der Waals surface area contributed by atoms with Crippen molar-refractivity contribution in [2.45, 2.75) is 17.9 Å². The predicted molar refractivity (Wildman–Crippen MR) is 113 cm³/mol. The van der Waals surface area contributed by atoms with E-state index in [0.29, 0.717) is 17.2 Å². The van der Waals surface area contributed by atoms with Gasteiger partial charge in [-0.1, -0.05) is 12.1 Å². The number of ether oxygens (including phenoxy) is 2. The van der Waals surface area contributed by atoms with Crippen LogP contribution in [0.1, 0.15) is 6.92 Å². The van der Waals surface area contributed by atoms with Crippen LogP contribution >= 0.6 is 11.8 Å². The zero-order valence-corrected chi connectivity index (χ0v) is 18.1. The van der Waals surface area contributed by atoms with Crippen LogP contribution in [0.25, 0.3) is 0 Å². The summed E-state index contributed by atoms with van der Waals surface area (Å²) in [5.41, 5.74) is 0.850. The maximum Gasteiger partial charge on any atom is 0.248 e. The molecule has 0 spiro atoms. The number of thioether (sulfide) groups is 1. The Bertz CT molecular complexity index is 947. The SMILES string of the molecule is COc1ccc(OC)c(N(C(C)C(=O)Nc2ccccc2SC)S(C)(=O)=O)c1. The van der Waals surface area contributed by atoms with Gasteiger partial charge in [0.05, 0.1) is 31.9 Å². The molecular weight excluding hydrogens is 400 g/mol. The van der Waals surface area contributed by atoms with Crippen molar-refractivity contribution in [3.63, 3.8) is 0 Å². The predicted octanol–water partition coefficient (Wildman–Crippen LogP) is 3.22. The van der Waals surface area contributed by atoms with E-state index in [4.69, 9.17) is 9.47 Å². The maximum absolute atomic E-state index is 12.9. The van der Waals surface area contributed by atoms with Gasteiger partial charge >= 0.3 is 0 Å². The van der Waals surface area contributed by atoms with Crippen LogP contribution in [0.15, 0.2) is 47.4 Å². The summed E-state index contributed by atoms with van der Waals surface area (Å²) in [4.78, 5) is 13.8. The summed E-state index contributed by atoms with van der Waals surface area (Å²) < 4.78 is 36.7. The largest absolute Gasteiger partial charge is 0.497 e. The number of carbonyl (C=O) groups excluding carboxylic acids is 1. The summed E-state index contributed by atoms with van der Waals surface area (Å²) in [7, 11) is -0.882. The Balaban J connectivity index is 2.45. The first kappa shape index (κ1) is 21.9. The van der Waals surface area contributed by atoms with Crippen molar-refractivity contribution in [1.29, 1.82) is 0 Å². The number of carbonyl (C=O) groups is 1. The Morgan fingerprint density at radius 2 is 1.82 bits per heavy atom. The fourth-order valence-corrected chi connectivity index (χ4v) is 4.46. The molecule has 0 aliphatic rings.